The number of carboxylic acids is 1. The third-order valence-electron chi connectivity index (χ3n) is 4.09. The second kappa shape index (κ2) is 7.22. The van der Waals surface area contributed by atoms with Crippen molar-refractivity contribution >= 4 is 11.9 Å². The van der Waals surface area contributed by atoms with Gasteiger partial charge in [0.1, 0.15) is 0 Å². The average molecular weight is 290 g/mol. The standard InChI is InChI=1S/C16H22N2O3/c1-18(14-4-2-3-5-14)11-10-17-15(19)12-6-8-13(9-7-12)16(20)21/h6-9,14H,2-5,10-11H2,1H3,(H,17,19)(H,20,21). The van der Waals surface area contributed by atoms with Crippen molar-refractivity contribution in [3.05, 3.63) is 35.4 Å². The first-order valence-electron chi connectivity index (χ1n) is 7.39. The van der Waals surface area contributed by atoms with Crippen LogP contribution in [0.4, 0.5) is 0 Å². The SMILES string of the molecule is CN(CCNC(=O)c1ccc(C(=O)O)cc1)C1CCCC1. The Morgan fingerprint density at radius 1 is 1.19 bits per heavy atom. The molecular formula is C16H22N2O3. The molecule has 0 atom stereocenters. The maximum atomic E-state index is 12.0. The number of nitrogens with one attached hydrogen (secondary N) is 1. The summed E-state index contributed by atoms with van der Waals surface area (Å²) in [6.07, 6.45) is 5.11. The van der Waals surface area contributed by atoms with Crippen molar-refractivity contribution in [2.45, 2.75) is 31.7 Å². The van der Waals surface area contributed by atoms with E-state index in [-0.39, 0.29) is 11.5 Å². The van der Waals surface area contributed by atoms with Gasteiger partial charge in [-0.15, -0.1) is 0 Å². The molecule has 0 unspecified atom stereocenters. The number of carbonyl (C=O) groups is 2. The summed E-state index contributed by atoms with van der Waals surface area (Å²) >= 11 is 0. The van der Waals surface area contributed by atoms with E-state index in [2.05, 4.69) is 17.3 Å². The normalized spacial score (nSPS) is 15.3. The van der Waals surface area contributed by atoms with Crippen LogP contribution in [-0.2, 0) is 0 Å². The molecule has 1 aliphatic rings. The molecule has 0 aliphatic heterocycles. The van der Waals surface area contributed by atoms with E-state index in [1.54, 1.807) is 12.1 Å². The molecule has 1 amide bonds. The molecule has 5 nitrogen and oxygen atoms in total. The Kier molecular flexibility index (Phi) is 5.33. The van der Waals surface area contributed by atoms with E-state index in [1.165, 1.54) is 37.8 Å². The number of amides is 1. The highest BCUT2D eigenvalue weighted by molar-refractivity contribution is 5.95. The minimum atomic E-state index is -0.986. The molecule has 0 spiro atoms. The Bertz CT molecular complexity index is 493. The van der Waals surface area contributed by atoms with Crippen molar-refractivity contribution in [2.24, 2.45) is 0 Å². The maximum absolute atomic E-state index is 12.0. The predicted molar refractivity (Wildman–Crippen MR) is 80.6 cm³/mol. The molecule has 1 aromatic rings. The predicted octanol–water partition coefficient (Wildman–Crippen LogP) is 1.99. The first-order chi connectivity index (χ1) is 10.1. The summed E-state index contributed by atoms with van der Waals surface area (Å²) in [6.45, 7) is 1.44. The summed E-state index contributed by atoms with van der Waals surface area (Å²) in [5.74, 6) is -1.15. The molecule has 2 rings (SSSR count). The number of carboxylic acid groups (broad SMARTS) is 1. The zero-order valence-corrected chi connectivity index (χ0v) is 12.3. The fourth-order valence-corrected chi connectivity index (χ4v) is 2.74. The van der Waals surface area contributed by atoms with E-state index in [4.69, 9.17) is 5.11 Å². The first-order valence-corrected chi connectivity index (χ1v) is 7.39. The van der Waals surface area contributed by atoms with Crippen LogP contribution in [0.1, 0.15) is 46.4 Å². The minimum Gasteiger partial charge on any atom is -0.478 e. The number of likely N-dealkylation sites (N-methyl/N-ethyl adjacent to an activating group) is 1. The highest BCUT2D eigenvalue weighted by Crippen LogP contribution is 2.21. The van der Waals surface area contributed by atoms with Crippen LogP contribution in [-0.4, -0.2) is 48.1 Å². The zero-order valence-electron chi connectivity index (χ0n) is 12.3. The Morgan fingerprint density at radius 2 is 1.76 bits per heavy atom. The molecule has 1 aromatic carbocycles. The van der Waals surface area contributed by atoms with Crippen LogP contribution >= 0.6 is 0 Å². The molecule has 0 heterocycles. The van der Waals surface area contributed by atoms with Gasteiger partial charge in [0.15, 0.2) is 0 Å². The lowest BCUT2D eigenvalue weighted by Crippen LogP contribution is -2.37. The monoisotopic (exact) mass is 290 g/mol. The van der Waals surface area contributed by atoms with E-state index in [1.807, 2.05) is 0 Å². The van der Waals surface area contributed by atoms with Crippen LogP contribution in [0.15, 0.2) is 24.3 Å². The molecule has 0 bridgehead atoms. The number of carbonyl (C=O) groups excluding carboxylic acids is 1. The molecule has 0 radical (unpaired) electrons. The third kappa shape index (κ3) is 4.29. The van der Waals surface area contributed by atoms with Gasteiger partial charge < -0.3 is 15.3 Å². The molecule has 21 heavy (non-hydrogen) atoms. The maximum Gasteiger partial charge on any atom is 0.335 e. The Morgan fingerprint density at radius 3 is 2.33 bits per heavy atom. The van der Waals surface area contributed by atoms with Crippen LogP contribution in [0.3, 0.4) is 0 Å². The topological polar surface area (TPSA) is 69.6 Å². The summed E-state index contributed by atoms with van der Waals surface area (Å²) in [5.41, 5.74) is 0.677. The lowest BCUT2D eigenvalue weighted by Gasteiger charge is -2.23. The molecule has 1 fully saturated rings. The average Bonchev–Trinajstić information content (AvgIpc) is 3.01. The second-order valence-electron chi connectivity index (χ2n) is 5.56. The fourth-order valence-electron chi connectivity index (χ4n) is 2.74. The van der Waals surface area contributed by atoms with E-state index in [0.717, 1.165) is 6.54 Å². The van der Waals surface area contributed by atoms with Gasteiger partial charge in [0.2, 0.25) is 0 Å². The zero-order chi connectivity index (χ0) is 15.2. The summed E-state index contributed by atoms with van der Waals surface area (Å²) in [4.78, 5) is 25.0. The Balaban J connectivity index is 1.77. The largest absolute Gasteiger partial charge is 0.478 e. The number of aromatic carboxylic acids is 1. The summed E-state index contributed by atoms with van der Waals surface area (Å²) in [5, 5.41) is 11.7. The van der Waals surface area contributed by atoms with Crippen LogP contribution < -0.4 is 5.32 Å². The summed E-state index contributed by atoms with van der Waals surface area (Å²) in [6, 6.07) is 6.62. The van der Waals surface area contributed by atoms with Crippen LogP contribution in [0.2, 0.25) is 0 Å². The molecular weight excluding hydrogens is 268 g/mol. The van der Waals surface area contributed by atoms with Gasteiger partial charge in [0.25, 0.3) is 5.91 Å². The van der Waals surface area contributed by atoms with Crippen LogP contribution in [0.25, 0.3) is 0 Å². The molecule has 114 valence electrons. The van der Waals surface area contributed by atoms with Gasteiger partial charge in [0, 0.05) is 24.7 Å². The molecule has 5 heteroatoms. The lowest BCUT2D eigenvalue weighted by molar-refractivity contribution is 0.0696. The van der Waals surface area contributed by atoms with Crippen molar-refractivity contribution < 1.29 is 14.7 Å². The Labute approximate surface area is 125 Å². The first kappa shape index (κ1) is 15.5. The van der Waals surface area contributed by atoms with Gasteiger partial charge in [-0.2, -0.15) is 0 Å². The molecule has 2 N–H and O–H groups in total. The van der Waals surface area contributed by atoms with E-state index in [0.29, 0.717) is 18.2 Å². The molecule has 1 aliphatic carbocycles. The van der Waals surface area contributed by atoms with Crippen molar-refractivity contribution in [3.63, 3.8) is 0 Å². The van der Waals surface area contributed by atoms with E-state index >= 15 is 0 Å². The molecule has 1 saturated carbocycles. The fraction of sp³-hybridized carbons (Fsp3) is 0.500. The van der Waals surface area contributed by atoms with Crippen LogP contribution in [0.5, 0.6) is 0 Å². The van der Waals surface area contributed by atoms with Gasteiger partial charge in [-0.3, -0.25) is 4.79 Å². The van der Waals surface area contributed by atoms with Crippen molar-refractivity contribution in [3.8, 4) is 0 Å². The number of nitrogens with zero attached hydrogens (tertiary/aromatic N) is 1. The second-order valence-corrected chi connectivity index (χ2v) is 5.56. The number of rotatable bonds is 6. The van der Waals surface area contributed by atoms with Gasteiger partial charge in [-0.1, -0.05) is 12.8 Å². The number of benzene rings is 1. The lowest BCUT2D eigenvalue weighted by atomic mass is 10.1. The van der Waals surface area contributed by atoms with Gasteiger partial charge in [-0.05, 0) is 44.2 Å². The van der Waals surface area contributed by atoms with E-state index in [9.17, 15) is 9.59 Å². The van der Waals surface area contributed by atoms with E-state index < -0.39 is 5.97 Å². The molecule has 0 saturated heterocycles. The molecule has 0 aromatic heterocycles. The van der Waals surface area contributed by atoms with Crippen LogP contribution in [0, 0.1) is 0 Å². The quantitative estimate of drug-likeness (QED) is 0.840. The highest BCUT2D eigenvalue weighted by Gasteiger charge is 2.19. The van der Waals surface area contributed by atoms with Crippen molar-refractivity contribution in [2.75, 3.05) is 20.1 Å². The minimum absolute atomic E-state index is 0.160. The van der Waals surface area contributed by atoms with Gasteiger partial charge in [-0.25, -0.2) is 4.79 Å². The summed E-state index contributed by atoms with van der Waals surface area (Å²) < 4.78 is 0. The number of hydrogen-bond acceptors (Lipinski definition) is 3. The Hall–Kier alpha value is -1.88. The van der Waals surface area contributed by atoms with Crippen molar-refractivity contribution in [1.29, 1.82) is 0 Å². The third-order valence-corrected chi connectivity index (χ3v) is 4.09. The van der Waals surface area contributed by atoms with Gasteiger partial charge >= 0.3 is 5.97 Å². The van der Waals surface area contributed by atoms with Crippen molar-refractivity contribution in [1.82, 2.24) is 10.2 Å². The summed E-state index contributed by atoms with van der Waals surface area (Å²) in [7, 11) is 2.10. The number of hydrogen-bond donors (Lipinski definition) is 2. The van der Waals surface area contributed by atoms with Gasteiger partial charge in [0.05, 0.1) is 5.56 Å². The smallest absolute Gasteiger partial charge is 0.335 e. The highest BCUT2D eigenvalue weighted by atomic mass is 16.4.